The first-order valence-electron chi connectivity index (χ1n) is 4.59. The summed E-state index contributed by atoms with van der Waals surface area (Å²) < 4.78 is 12.8. The van der Waals surface area contributed by atoms with Crippen molar-refractivity contribution in [3.8, 4) is 0 Å². The molecule has 1 heterocycles. The van der Waals surface area contributed by atoms with E-state index in [1.54, 1.807) is 12.3 Å². The van der Waals surface area contributed by atoms with E-state index in [-0.39, 0.29) is 5.82 Å². The molecule has 0 aliphatic heterocycles. The smallest absolute Gasteiger partial charge is 0.125 e. The lowest BCUT2D eigenvalue weighted by atomic mass is 10.1. The fraction of sp³-hybridized carbons (Fsp3) is 0.273. The van der Waals surface area contributed by atoms with Crippen LogP contribution >= 0.6 is 0 Å². The first-order chi connectivity index (χ1) is 6.66. The Morgan fingerprint density at radius 1 is 1.21 bits per heavy atom. The molecule has 2 nitrogen and oxygen atoms in total. The summed E-state index contributed by atoms with van der Waals surface area (Å²) >= 11 is 0. The van der Waals surface area contributed by atoms with Crippen LogP contribution in [0.3, 0.4) is 0 Å². The first kappa shape index (κ1) is 9.06. The van der Waals surface area contributed by atoms with E-state index in [1.807, 2.05) is 0 Å². The van der Waals surface area contributed by atoms with Crippen LogP contribution < -0.4 is 0 Å². The Labute approximate surface area is 81.8 Å². The van der Waals surface area contributed by atoms with Crippen LogP contribution in [0.2, 0.25) is 0 Å². The van der Waals surface area contributed by atoms with E-state index >= 15 is 0 Å². The summed E-state index contributed by atoms with van der Waals surface area (Å²) in [6, 6.07) is 4.46. The Kier molecular flexibility index (Phi) is 2.15. The molecule has 72 valence electrons. The van der Waals surface area contributed by atoms with Gasteiger partial charge in [-0.3, -0.25) is 4.98 Å². The third-order valence-corrected chi connectivity index (χ3v) is 2.11. The molecule has 0 radical (unpaired) electrons. The third-order valence-electron chi connectivity index (χ3n) is 2.11. The van der Waals surface area contributed by atoms with Gasteiger partial charge in [-0.25, -0.2) is 9.37 Å². The summed E-state index contributed by atoms with van der Waals surface area (Å²) in [4.78, 5) is 8.55. The number of fused-ring (bicyclic) bond motifs is 1. The van der Waals surface area contributed by atoms with Gasteiger partial charge in [0.25, 0.3) is 0 Å². The maximum Gasteiger partial charge on any atom is 0.125 e. The first-order valence-corrected chi connectivity index (χ1v) is 4.59. The van der Waals surface area contributed by atoms with Crippen molar-refractivity contribution in [3.63, 3.8) is 0 Å². The van der Waals surface area contributed by atoms with Gasteiger partial charge in [0.1, 0.15) is 5.82 Å². The van der Waals surface area contributed by atoms with E-state index in [0.29, 0.717) is 11.4 Å². The molecule has 0 N–H and O–H groups in total. The highest BCUT2D eigenvalue weighted by molar-refractivity contribution is 5.73. The molecule has 0 atom stereocenters. The van der Waals surface area contributed by atoms with Gasteiger partial charge >= 0.3 is 0 Å². The quantitative estimate of drug-likeness (QED) is 0.691. The second-order valence-corrected chi connectivity index (χ2v) is 3.58. The van der Waals surface area contributed by atoms with Crippen molar-refractivity contribution in [3.05, 3.63) is 35.9 Å². The number of benzene rings is 1. The predicted molar refractivity (Wildman–Crippen MR) is 53.6 cm³/mol. The lowest BCUT2D eigenvalue weighted by Gasteiger charge is -2.04. The molecule has 0 spiro atoms. The van der Waals surface area contributed by atoms with Crippen LogP contribution in [0.25, 0.3) is 11.0 Å². The Bertz CT molecular complexity index is 466. The second kappa shape index (κ2) is 3.33. The Hall–Kier alpha value is -1.51. The molecular formula is C11H11FN2. The highest BCUT2D eigenvalue weighted by Crippen LogP contribution is 2.15. The standard InChI is InChI=1S/C11H11FN2/c1-7(2)11-6-13-10-5-8(12)3-4-9(10)14-11/h3-7H,1-2H3. The van der Waals surface area contributed by atoms with E-state index in [4.69, 9.17) is 0 Å². The zero-order chi connectivity index (χ0) is 10.1. The third kappa shape index (κ3) is 1.58. The highest BCUT2D eigenvalue weighted by atomic mass is 19.1. The molecule has 0 saturated heterocycles. The van der Waals surface area contributed by atoms with Crippen LogP contribution in [0.15, 0.2) is 24.4 Å². The number of hydrogen-bond acceptors (Lipinski definition) is 2. The minimum Gasteiger partial charge on any atom is -0.253 e. The second-order valence-electron chi connectivity index (χ2n) is 3.58. The van der Waals surface area contributed by atoms with Crippen LogP contribution in [0.4, 0.5) is 4.39 Å². The lowest BCUT2D eigenvalue weighted by molar-refractivity contribution is 0.629. The molecule has 0 saturated carbocycles. The number of aromatic nitrogens is 2. The van der Waals surface area contributed by atoms with Gasteiger partial charge in [0.05, 0.1) is 16.7 Å². The van der Waals surface area contributed by atoms with Gasteiger partial charge < -0.3 is 0 Å². The molecule has 2 aromatic rings. The average Bonchev–Trinajstić information content (AvgIpc) is 2.16. The molecular weight excluding hydrogens is 179 g/mol. The number of hydrogen-bond donors (Lipinski definition) is 0. The minimum absolute atomic E-state index is 0.274. The Morgan fingerprint density at radius 3 is 2.71 bits per heavy atom. The van der Waals surface area contributed by atoms with E-state index in [0.717, 1.165) is 11.2 Å². The van der Waals surface area contributed by atoms with Gasteiger partial charge in [-0.2, -0.15) is 0 Å². The SMILES string of the molecule is CC(C)c1cnc2cc(F)ccc2n1. The van der Waals surface area contributed by atoms with Crippen LogP contribution in [-0.2, 0) is 0 Å². The predicted octanol–water partition coefficient (Wildman–Crippen LogP) is 2.89. The molecule has 0 amide bonds. The van der Waals surface area contributed by atoms with Crippen LogP contribution in [0.5, 0.6) is 0 Å². The van der Waals surface area contributed by atoms with Gasteiger partial charge in [0, 0.05) is 12.3 Å². The van der Waals surface area contributed by atoms with E-state index in [9.17, 15) is 4.39 Å². The van der Waals surface area contributed by atoms with Crippen molar-refractivity contribution in [1.82, 2.24) is 9.97 Å². The zero-order valence-corrected chi connectivity index (χ0v) is 8.16. The Morgan fingerprint density at radius 2 is 2.00 bits per heavy atom. The number of nitrogens with zero attached hydrogens (tertiary/aromatic N) is 2. The summed E-state index contributed by atoms with van der Waals surface area (Å²) in [6.07, 6.45) is 1.70. The fourth-order valence-electron chi connectivity index (χ4n) is 1.28. The molecule has 2 rings (SSSR count). The van der Waals surface area contributed by atoms with Crippen molar-refractivity contribution in [2.45, 2.75) is 19.8 Å². The molecule has 0 bridgehead atoms. The largest absolute Gasteiger partial charge is 0.253 e. The lowest BCUT2D eigenvalue weighted by Crippen LogP contribution is -1.95. The van der Waals surface area contributed by atoms with Gasteiger partial charge in [0.2, 0.25) is 0 Å². The van der Waals surface area contributed by atoms with Crippen LogP contribution in [0.1, 0.15) is 25.5 Å². The number of halogens is 1. The van der Waals surface area contributed by atoms with Gasteiger partial charge in [-0.05, 0) is 18.1 Å². The monoisotopic (exact) mass is 190 g/mol. The maximum absolute atomic E-state index is 12.8. The van der Waals surface area contributed by atoms with Crippen molar-refractivity contribution >= 4 is 11.0 Å². The van der Waals surface area contributed by atoms with Crippen LogP contribution in [-0.4, -0.2) is 9.97 Å². The zero-order valence-electron chi connectivity index (χ0n) is 8.16. The molecule has 0 fully saturated rings. The van der Waals surface area contributed by atoms with Crippen molar-refractivity contribution in [2.75, 3.05) is 0 Å². The molecule has 0 aliphatic carbocycles. The number of rotatable bonds is 1. The van der Waals surface area contributed by atoms with E-state index in [2.05, 4.69) is 23.8 Å². The summed E-state index contributed by atoms with van der Waals surface area (Å²) in [7, 11) is 0. The maximum atomic E-state index is 12.8. The molecule has 0 aliphatic rings. The fourth-order valence-corrected chi connectivity index (χ4v) is 1.28. The minimum atomic E-state index is -0.274. The van der Waals surface area contributed by atoms with Crippen molar-refractivity contribution in [1.29, 1.82) is 0 Å². The summed E-state index contributed by atoms with van der Waals surface area (Å²) in [5.41, 5.74) is 2.29. The van der Waals surface area contributed by atoms with Gasteiger partial charge in [0.15, 0.2) is 0 Å². The summed E-state index contributed by atoms with van der Waals surface area (Å²) in [5.74, 6) is 0.0704. The normalized spacial score (nSPS) is 11.1. The van der Waals surface area contributed by atoms with Gasteiger partial charge in [-0.1, -0.05) is 13.8 Å². The van der Waals surface area contributed by atoms with Crippen molar-refractivity contribution < 1.29 is 4.39 Å². The highest BCUT2D eigenvalue weighted by Gasteiger charge is 2.03. The molecule has 1 aromatic carbocycles. The molecule has 14 heavy (non-hydrogen) atoms. The van der Waals surface area contributed by atoms with E-state index < -0.39 is 0 Å². The van der Waals surface area contributed by atoms with E-state index in [1.165, 1.54) is 12.1 Å². The van der Waals surface area contributed by atoms with Gasteiger partial charge in [-0.15, -0.1) is 0 Å². The average molecular weight is 190 g/mol. The molecule has 1 aromatic heterocycles. The van der Waals surface area contributed by atoms with Crippen LogP contribution in [0, 0.1) is 5.82 Å². The van der Waals surface area contributed by atoms with Crippen molar-refractivity contribution in [2.24, 2.45) is 0 Å². The Balaban J connectivity index is 2.62. The molecule has 3 heteroatoms. The summed E-state index contributed by atoms with van der Waals surface area (Å²) in [5, 5.41) is 0. The molecule has 0 unspecified atom stereocenters. The topological polar surface area (TPSA) is 25.8 Å². The summed E-state index contributed by atoms with van der Waals surface area (Å²) in [6.45, 7) is 4.11.